The van der Waals surface area contributed by atoms with Crippen molar-refractivity contribution >= 4 is 112 Å². The van der Waals surface area contributed by atoms with E-state index < -0.39 is 11.9 Å². The molecule has 4 aromatic carbocycles. The number of thiophene rings is 2. The fraction of sp³-hybridized carbons (Fsp3) is 0.0588. The standard InChI is InChI=1S/C34H22BrCl2N3O5S2/c1-2-44-25-15-18(7-14-24(25)45-34(43)31-29(37)22-5-3-4-6-26(22)46-31)17-38-40-32(41)19-8-11-21(12-9-19)39-33(42)30-28(36)23-13-10-20(35)16-27(23)47-30/h3-17H,2H2,1H3,(H,39,42)(H,40,41)/b38-17-. The van der Waals surface area contributed by atoms with Crippen molar-refractivity contribution in [2.75, 3.05) is 11.9 Å². The summed E-state index contributed by atoms with van der Waals surface area (Å²) in [6.45, 7) is 2.14. The van der Waals surface area contributed by atoms with Crippen LogP contribution in [0.15, 0.2) is 94.5 Å². The number of esters is 1. The molecule has 0 radical (unpaired) electrons. The number of carbonyl (C=O) groups excluding carboxylic acids is 3. The molecule has 0 aliphatic carbocycles. The number of hydrogen-bond acceptors (Lipinski definition) is 8. The van der Waals surface area contributed by atoms with Gasteiger partial charge in [0.05, 0.1) is 22.9 Å². The van der Waals surface area contributed by atoms with Gasteiger partial charge in [-0.05, 0) is 73.2 Å². The van der Waals surface area contributed by atoms with Gasteiger partial charge in [-0.25, -0.2) is 10.2 Å². The van der Waals surface area contributed by atoms with Crippen molar-refractivity contribution in [2.45, 2.75) is 6.92 Å². The molecule has 6 rings (SSSR count). The highest BCUT2D eigenvalue weighted by Gasteiger charge is 2.21. The topological polar surface area (TPSA) is 106 Å². The Morgan fingerprint density at radius 3 is 2.32 bits per heavy atom. The Morgan fingerprint density at radius 2 is 1.55 bits per heavy atom. The van der Waals surface area contributed by atoms with Crippen LogP contribution < -0.4 is 20.2 Å². The molecule has 0 aliphatic heterocycles. The lowest BCUT2D eigenvalue weighted by atomic mass is 10.2. The Morgan fingerprint density at radius 1 is 0.830 bits per heavy atom. The van der Waals surface area contributed by atoms with Gasteiger partial charge in [-0.1, -0.05) is 63.4 Å². The number of hydrazone groups is 1. The smallest absolute Gasteiger partial charge is 0.355 e. The van der Waals surface area contributed by atoms with Crippen LogP contribution in [0.1, 0.15) is 42.2 Å². The van der Waals surface area contributed by atoms with Crippen LogP contribution >= 0.6 is 61.8 Å². The van der Waals surface area contributed by atoms with Gasteiger partial charge in [-0.2, -0.15) is 5.10 Å². The Hall–Kier alpha value is -4.26. The third-order valence-electron chi connectivity index (χ3n) is 6.77. The number of halogens is 3. The van der Waals surface area contributed by atoms with Gasteiger partial charge in [0.25, 0.3) is 11.8 Å². The van der Waals surface area contributed by atoms with Crippen LogP contribution in [0.4, 0.5) is 5.69 Å². The predicted octanol–water partition coefficient (Wildman–Crippen LogP) is 9.82. The molecule has 6 aromatic rings. The molecule has 0 saturated heterocycles. The summed E-state index contributed by atoms with van der Waals surface area (Å²) in [6, 6.07) is 24.4. The summed E-state index contributed by atoms with van der Waals surface area (Å²) in [7, 11) is 0. The van der Waals surface area contributed by atoms with Gasteiger partial charge < -0.3 is 14.8 Å². The van der Waals surface area contributed by atoms with Gasteiger partial charge in [-0.15, -0.1) is 22.7 Å². The molecule has 0 atom stereocenters. The lowest BCUT2D eigenvalue weighted by molar-refractivity contribution is 0.0733. The molecule has 0 aliphatic rings. The third kappa shape index (κ3) is 7.19. The molecule has 2 aromatic heterocycles. The summed E-state index contributed by atoms with van der Waals surface area (Å²) in [4.78, 5) is 39.3. The van der Waals surface area contributed by atoms with E-state index in [0.29, 0.717) is 49.0 Å². The van der Waals surface area contributed by atoms with E-state index in [9.17, 15) is 14.4 Å². The van der Waals surface area contributed by atoms with E-state index in [1.54, 1.807) is 42.5 Å². The summed E-state index contributed by atoms with van der Waals surface area (Å²) >= 11 is 18.9. The maximum absolute atomic E-state index is 13.0. The van der Waals surface area contributed by atoms with Crippen molar-refractivity contribution in [3.63, 3.8) is 0 Å². The minimum Gasteiger partial charge on any atom is -0.490 e. The summed E-state index contributed by atoms with van der Waals surface area (Å²) in [5.41, 5.74) is 3.92. The van der Waals surface area contributed by atoms with Gasteiger partial charge in [0.2, 0.25) is 0 Å². The fourth-order valence-corrected chi connectivity index (χ4v) is 7.91. The molecule has 47 heavy (non-hydrogen) atoms. The number of amides is 2. The molecule has 0 fully saturated rings. The third-order valence-corrected chi connectivity index (χ3v) is 10.6. The normalized spacial score (nSPS) is 11.2. The van der Waals surface area contributed by atoms with Gasteiger partial charge in [0.15, 0.2) is 11.5 Å². The average molecular weight is 768 g/mol. The molecule has 0 spiro atoms. The predicted molar refractivity (Wildman–Crippen MR) is 193 cm³/mol. The van der Waals surface area contributed by atoms with Crippen LogP contribution in [0, 0.1) is 0 Å². The number of nitrogens with one attached hydrogen (secondary N) is 2. The number of ether oxygens (including phenoxy) is 2. The Bertz CT molecular complexity index is 2200. The number of anilines is 1. The lowest BCUT2D eigenvalue weighted by Crippen LogP contribution is -2.17. The van der Waals surface area contributed by atoms with E-state index in [-0.39, 0.29) is 11.7 Å². The number of nitrogens with zero attached hydrogens (tertiary/aromatic N) is 1. The fourth-order valence-electron chi connectivity index (χ4n) is 4.56. The highest BCUT2D eigenvalue weighted by atomic mass is 79.9. The van der Waals surface area contributed by atoms with Crippen LogP contribution in [0.5, 0.6) is 11.5 Å². The Kier molecular flexibility index (Phi) is 9.90. The van der Waals surface area contributed by atoms with Crippen molar-refractivity contribution in [2.24, 2.45) is 5.10 Å². The van der Waals surface area contributed by atoms with Crippen LogP contribution in [-0.2, 0) is 0 Å². The van der Waals surface area contributed by atoms with Crippen molar-refractivity contribution in [3.05, 3.63) is 120 Å². The number of fused-ring (bicyclic) bond motifs is 2. The zero-order chi connectivity index (χ0) is 33.1. The van der Waals surface area contributed by atoms with E-state index in [0.717, 1.165) is 24.6 Å². The first kappa shape index (κ1) is 32.7. The highest BCUT2D eigenvalue weighted by molar-refractivity contribution is 9.10. The van der Waals surface area contributed by atoms with E-state index in [1.807, 2.05) is 49.4 Å². The average Bonchev–Trinajstić information content (AvgIpc) is 3.58. The monoisotopic (exact) mass is 765 g/mol. The minimum absolute atomic E-state index is 0.224. The molecule has 2 heterocycles. The zero-order valence-electron chi connectivity index (χ0n) is 24.3. The van der Waals surface area contributed by atoms with Gasteiger partial charge in [-0.3, -0.25) is 9.59 Å². The Labute approximate surface area is 295 Å². The summed E-state index contributed by atoms with van der Waals surface area (Å²) < 4.78 is 14.0. The van der Waals surface area contributed by atoms with Crippen molar-refractivity contribution < 1.29 is 23.9 Å². The molecule has 13 heteroatoms. The first-order valence-electron chi connectivity index (χ1n) is 14.0. The van der Waals surface area contributed by atoms with E-state index in [1.165, 1.54) is 28.9 Å². The largest absolute Gasteiger partial charge is 0.490 e. The van der Waals surface area contributed by atoms with Crippen LogP contribution in [-0.4, -0.2) is 30.6 Å². The minimum atomic E-state index is -0.589. The van der Waals surface area contributed by atoms with Gasteiger partial charge in [0.1, 0.15) is 9.75 Å². The van der Waals surface area contributed by atoms with E-state index >= 15 is 0 Å². The molecule has 0 unspecified atom stereocenters. The number of rotatable bonds is 9. The van der Waals surface area contributed by atoms with Gasteiger partial charge >= 0.3 is 5.97 Å². The quantitative estimate of drug-likeness (QED) is 0.0660. The van der Waals surface area contributed by atoms with E-state index in [2.05, 4.69) is 31.8 Å². The second-order valence-electron chi connectivity index (χ2n) is 9.89. The molecule has 0 saturated carbocycles. The highest BCUT2D eigenvalue weighted by Crippen LogP contribution is 2.38. The van der Waals surface area contributed by atoms with E-state index in [4.69, 9.17) is 32.7 Å². The molecular formula is C34H22BrCl2N3O5S2. The van der Waals surface area contributed by atoms with Crippen LogP contribution in [0.2, 0.25) is 10.0 Å². The second kappa shape index (κ2) is 14.2. The van der Waals surface area contributed by atoms with Crippen molar-refractivity contribution in [1.82, 2.24) is 5.43 Å². The first-order chi connectivity index (χ1) is 22.7. The summed E-state index contributed by atoms with van der Waals surface area (Å²) in [6.07, 6.45) is 1.44. The number of hydrogen-bond donors (Lipinski definition) is 2. The first-order valence-corrected chi connectivity index (χ1v) is 17.2. The Balaban J connectivity index is 1.08. The molecule has 8 nitrogen and oxygen atoms in total. The van der Waals surface area contributed by atoms with Gasteiger partial charge in [0, 0.05) is 35.9 Å². The molecular weight excluding hydrogens is 745 g/mol. The summed E-state index contributed by atoms with van der Waals surface area (Å²) in [5, 5.41) is 9.20. The lowest BCUT2D eigenvalue weighted by Gasteiger charge is -2.11. The molecule has 2 amide bonds. The van der Waals surface area contributed by atoms with Crippen molar-refractivity contribution in [3.8, 4) is 11.5 Å². The van der Waals surface area contributed by atoms with Crippen LogP contribution in [0.3, 0.4) is 0 Å². The summed E-state index contributed by atoms with van der Waals surface area (Å²) in [5.74, 6) is -0.829. The molecule has 236 valence electrons. The molecule has 0 bridgehead atoms. The maximum atomic E-state index is 13.0. The van der Waals surface area contributed by atoms with Crippen LogP contribution in [0.25, 0.3) is 20.2 Å². The number of benzene rings is 4. The zero-order valence-corrected chi connectivity index (χ0v) is 29.0. The van der Waals surface area contributed by atoms with Crippen molar-refractivity contribution in [1.29, 1.82) is 0 Å². The maximum Gasteiger partial charge on any atom is 0.355 e. The molecule has 2 N–H and O–H groups in total. The second-order valence-corrected chi connectivity index (χ2v) is 13.7. The SMILES string of the molecule is CCOc1cc(/C=N\NC(=O)c2ccc(NC(=O)c3sc4cc(Br)ccc4c3Cl)cc2)ccc1OC(=O)c1sc2ccccc2c1Cl. The number of carbonyl (C=O) groups is 3.